The van der Waals surface area contributed by atoms with Gasteiger partial charge in [0.15, 0.2) is 0 Å². The molecule has 0 aromatic carbocycles. The first-order chi connectivity index (χ1) is 6.35. The van der Waals surface area contributed by atoms with Crippen LogP contribution < -0.4 is 0 Å². The van der Waals surface area contributed by atoms with E-state index in [0.717, 1.165) is 0 Å². The van der Waals surface area contributed by atoms with Gasteiger partial charge in [0.25, 0.3) is 0 Å². The van der Waals surface area contributed by atoms with Gasteiger partial charge in [0, 0.05) is 0 Å². The van der Waals surface area contributed by atoms with Crippen molar-refractivity contribution < 1.29 is 45.1 Å². The lowest BCUT2D eigenvalue weighted by Gasteiger charge is -2.24. The summed E-state index contributed by atoms with van der Waals surface area (Å²) in [6, 6.07) is 0. The van der Waals surface area contributed by atoms with Gasteiger partial charge in [0.2, 0.25) is 5.83 Å². The molecule has 0 saturated carbocycles. The summed E-state index contributed by atoms with van der Waals surface area (Å²) in [6.45, 7) is 0. The highest BCUT2D eigenvalue weighted by Gasteiger charge is 2.71. The number of alkyl halides is 4. The van der Waals surface area contributed by atoms with Gasteiger partial charge in [-0.3, -0.25) is 4.57 Å². The fourth-order valence-corrected chi connectivity index (χ4v) is 0.898. The van der Waals surface area contributed by atoms with Crippen LogP contribution in [0.25, 0.3) is 0 Å². The van der Waals surface area contributed by atoms with E-state index >= 15 is 0 Å². The number of halogens is 7. The third kappa shape index (κ3) is 2.32. The third-order valence-electron chi connectivity index (χ3n) is 1.19. The van der Waals surface area contributed by atoms with E-state index in [9.17, 15) is 35.3 Å². The molecule has 0 aliphatic rings. The predicted octanol–water partition coefficient (Wildman–Crippen LogP) is 2.47. The minimum Gasteiger partial charge on any atom is -0.320 e. The first kappa shape index (κ1) is 14.4. The van der Waals surface area contributed by atoms with Crippen LogP contribution in [0, 0.1) is 0 Å². The lowest BCUT2D eigenvalue weighted by Crippen LogP contribution is -2.41. The van der Waals surface area contributed by atoms with Gasteiger partial charge >= 0.3 is 25.3 Å². The summed E-state index contributed by atoms with van der Waals surface area (Å²) in [4.78, 5) is 15.5. The zero-order valence-electron chi connectivity index (χ0n) is 6.40. The van der Waals surface area contributed by atoms with Crippen molar-refractivity contribution in [1.29, 1.82) is 0 Å². The Kier molecular flexibility index (Phi) is 3.61. The summed E-state index contributed by atoms with van der Waals surface area (Å²) in [5, 5.41) is 0. The molecule has 0 radical (unpaired) electrons. The lowest BCUT2D eigenvalue weighted by atomic mass is 10.3. The second-order valence-corrected chi connectivity index (χ2v) is 3.88. The van der Waals surface area contributed by atoms with E-state index in [2.05, 4.69) is 0 Å². The second-order valence-electron chi connectivity index (χ2n) is 2.23. The van der Waals surface area contributed by atoms with Gasteiger partial charge in [-0.2, -0.15) is 30.7 Å². The van der Waals surface area contributed by atoms with Gasteiger partial charge in [-0.05, 0) is 0 Å². The molecule has 0 rings (SSSR count). The van der Waals surface area contributed by atoms with Gasteiger partial charge < -0.3 is 9.79 Å². The molecule has 0 heterocycles. The van der Waals surface area contributed by atoms with Crippen LogP contribution in [0.1, 0.15) is 0 Å². The maximum absolute atomic E-state index is 12.2. The number of rotatable bonds is 3. The molecule has 11 heteroatoms. The number of hydrogen-bond acceptors (Lipinski definition) is 1. The van der Waals surface area contributed by atoms with Crippen LogP contribution >= 0.6 is 7.60 Å². The highest BCUT2D eigenvalue weighted by atomic mass is 31.2. The highest BCUT2D eigenvalue weighted by Crippen LogP contribution is 2.62. The van der Waals surface area contributed by atoms with E-state index in [0.29, 0.717) is 0 Å². The van der Waals surface area contributed by atoms with Gasteiger partial charge in [-0.1, -0.05) is 0 Å². The maximum Gasteiger partial charge on any atom is 0.414 e. The summed E-state index contributed by atoms with van der Waals surface area (Å²) >= 11 is 0. The normalized spacial score (nSPS) is 13.9. The minimum absolute atomic E-state index is 3.78. The quantitative estimate of drug-likeness (QED) is 0.606. The van der Waals surface area contributed by atoms with E-state index in [1.165, 1.54) is 0 Å². The van der Waals surface area contributed by atoms with Crippen molar-refractivity contribution in [2.24, 2.45) is 0 Å². The summed E-state index contributed by atoms with van der Waals surface area (Å²) < 4.78 is 93.1. The van der Waals surface area contributed by atoms with E-state index in [4.69, 9.17) is 9.79 Å². The molecule has 0 saturated heterocycles. The van der Waals surface area contributed by atoms with Crippen LogP contribution in [0.4, 0.5) is 30.7 Å². The SMILES string of the molecule is O=P(O)(O)C(F)(F)C(F)(F)C(F)=C(F)F. The van der Waals surface area contributed by atoms with Crippen molar-refractivity contribution in [3.05, 3.63) is 11.9 Å². The molecule has 0 aromatic rings. The molecule has 90 valence electrons. The lowest BCUT2D eigenvalue weighted by molar-refractivity contribution is -0.155. The van der Waals surface area contributed by atoms with Gasteiger partial charge in [-0.25, -0.2) is 0 Å². The zero-order valence-corrected chi connectivity index (χ0v) is 7.29. The van der Waals surface area contributed by atoms with Gasteiger partial charge in [0.1, 0.15) is 0 Å². The van der Waals surface area contributed by atoms with Crippen LogP contribution in [0.5, 0.6) is 0 Å². The summed E-state index contributed by atoms with van der Waals surface area (Å²) in [7, 11) is -6.77. The topological polar surface area (TPSA) is 57.5 Å². The molecule has 3 nitrogen and oxygen atoms in total. The summed E-state index contributed by atoms with van der Waals surface area (Å²) in [5.74, 6) is -10.2. The van der Waals surface area contributed by atoms with Crippen molar-refractivity contribution in [3.63, 3.8) is 0 Å². The molecular formula is C4H2F7O3P. The van der Waals surface area contributed by atoms with Gasteiger partial charge in [-0.15, -0.1) is 0 Å². The van der Waals surface area contributed by atoms with Crippen LogP contribution in [0.2, 0.25) is 0 Å². The van der Waals surface area contributed by atoms with Gasteiger partial charge in [0.05, 0.1) is 0 Å². The Morgan fingerprint density at radius 1 is 1.00 bits per heavy atom. The van der Waals surface area contributed by atoms with E-state index in [1.54, 1.807) is 0 Å². The molecule has 0 aromatic heterocycles. The Bertz CT molecular complexity index is 327. The Morgan fingerprint density at radius 2 is 1.33 bits per heavy atom. The molecule has 0 unspecified atom stereocenters. The minimum atomic E-state index is -6.77. The molecular weight excluding hydrogens is 260 g/mol. The summed E-state index contributed by atoms with van der Waals surface area (Å²) in [5.41, 5.74) is -6.24. The van der Waals surface area contributed by atoms with Crippen LogP contribution in [0.3, 0.4) is 0 Å². The van der Waals surface area contributed by atoms with Crippen LogP contribution in [0.15, 0.2) is 11.9 Å². The molecule has 0 aliphatic carbocycles. The fourth-order valence-electron chi connectivity index (χ4n) is 0.434. The van der Waals surface area contributed by atoms with E-state index < -0.39 is 31.1 Å². The Labute approximate surface area is 77.4 Å². The van der Waals surface area contributed by atoms with Crippen LogP contribution in [-0.4, -0.2) is 21.4 Å². The van der Waals surface area contributed by atoms with Crippen molar-refractivity contribution in [1.82, 2.24) is 0 Å². The molecule has 0 atom stereocenters. The monoisotopic (exact) mass is 262 g/mol. The third-order valence-corrected chi connectivity index (χ3v) is 2.20. The van der Waals surface area contributed by atoms with E-state index in [1.807, 2.05) is 0 Å². The van der Waals surface area contributed by atoms with E-state index in [-0.39, 0.29) is 0 Å². The molecule has 0 fully saturated rings. The second kappa shape index (κ2) is 3.76. The molecule has 0 amide bonds. The zero-order chi connectivity index (χ0) is 12.7. The first-order valence-corrected chi connectivity index (χ1v) is 4.49. The molecule has 2 N–H and O–H groups in total. The van der Waals surface area contributed by atoms with Crippen LogP contribution in [-0.2, 0) is 4.57 Å². The summed E-state index contributed by atoms with van der Waals surface area (Å²) in [6.07, 6.45) is -3.78. The molecule has 0 spiro atoms. The Balaban J connectivity index is 5.60. The van der Waals surface area contributed by atoms with Crippen molar-refractivity contribution in [2.75, 3.05) is 0 Å². The smallest absolute Gasteiger partial charge is 0.320 e. The average molecular weight is 262 g/mol. The maximum atomic E-state index is 12.2. The Morgan fingerprint density at radius 3 is 1.53 bits per heavy atom. The number of hydrogen-bond donors (Lipinski definition) is 2. The highest BCUT2D eigenvalue weighted by molar-refractivity contribution is 7.53. The number of allylic oxidation sites excluding steroid dienone is 1. The average Bonchev–Trinajstić information content (AvgIpc) is 2.00. The predicted molar refractivity (Wildman–Crippen MR) is 32.3 cm³/mol. The largest absolute Gasteiger partial charge is 0.414 e. The first-order valence-electron chi connectivity index (χ1n) is 2.88. The van der Waals surface area contributed by atoms with Crippen molar-refractivity contribution in [2.45, 2.75) is 11.6 Å². The Hall–Kier alpha value is -0.600. The van der Waals surface area contributed by atoms with Crippen molar-refractivity contribution in [3.8, 4) is 0 Å². The molecule has 0 bridgehead atoms. The fraction of sp³-hybridized carbons (Fsp3) is 0.500. The molecule has 0 aliphatic heterocycles. The standard InChI is InChI=1S/C4H2F7O3P/c5-1(2(6)7)3(8,9)4(10,11)15(12,13)14/h(H2,12,13,14). The molecule has 15 heavy (non-hydrogen) atoms. The van der Waals surface area contributed by atoms with Crippen molar-refractivity contribution >= 4 is 7.60 Å².